The largest absolute Gasteiger partial charge is 0.392 e. The summed E-state index contributed by atoms with van der Waals surface area (Å²) < 4.78 is 13.0. The molecule has 6 rings (SSSR count). The Morgan fingerprint density at radius 1 is 0.739 bits per heavy atom. The Bertz CT molecular complexity index is 1690. The van der Waals surface area contributed by atoms with E-state index in [2.05, 4.69) is 44.9 Å². The second kappa shape index (κ2) is 15.6. The first-order valence-corrected chi connectivity index (χ1v) is 16.3. The lowest BCUT2D eigenvalue weighted by Crippen LogP contribution is -2.34. The van der Waals surface area contributed by atoms with Gasteiger partial charge in [-0.25, -0.2) is 14.8 Å². The first kappa shape index (κ1) is 31.4. The van der Waals surface area contributed by atoms with Gasteiger partial charge in [0.15, 0.2) is 11.4 Å². The molecule has 0 spiro atoms. The molecule has 1 saturated heterocycles. The summed E-state index contributed by atoms with van der Waals surface area (Å²) in [5, 5.41) is 16.0. The number of ether oxygens (including phenoxy) is 2. The molecular weight excluding hydrogens is 596 g/mol. The third-order valence-electron chi connectivity index (χ3n) is 7.75. The third kappa shape index (κ3) is 8.58. The number of hydrogen-bond acceptors (Lipinski definition) is 7. The van der Waals surface area contributed by atoms with Crippen molar-refractivity contribution in [2.24, 2.45) is 0 Å². The zero-order chi connectivity index (χ0) is 31.6. The molecule has 4 aromatic carbocycles. The minimum atomic E-state index is -0.544. The maximum atomic E-state index is 12.3. The Labute approximate surface area is 273 Å². The number of carbonyl (C=O) groups is 1. The van der Waals surface area contributed by atoms with Gasteiger partial charge in [-0.15, -0.1) is 0 Å². The average Bonchev–Trinajstić information content (AvgIpc) is 3.13. The van der Waals surface area contributed by atoms with Gasteiger partial charge in [0.25, 0.3) is 0 Å². The van der Waals surface area contributed by atoms with Crippen LogP contribution in [0.5, 0.6) is 0 Å². The van der Waals surface area contributed by atoms with Crippen molar-refractivity contribution in [3.63, 3.8) is 0 Å². The van der Waals surface area contributed by atoms with Gasteiger partial charge in [0.05, 0.1) is 18.8 Å². The summed E-state index contributed by atoms with van der Waals surface area (Å²) in [4.78, 5) is 21.0. The molecule has 8 nitrogen and oxygen atoms in total. The molecule has 2 heterocycles. The van der Waals surface area contributed by atoms with E-state index in [1.54, 1.807) is 30.2 Å². The monoisotopic (exact) mass is 632 g/mol. The molecule has 1 aliphatic rings. The van der Waals surface area contributed by atoms with Crippen LogP contribution in [0.1, 0.15) is 46.6 Å². The van der Waals surface area contributed by atoms with E-state index in [0.717, 1.165) is 38.9 Å². The normalized spacial score (nSPS) is 17.7. The SMILES string of the molecule is O=C(NCc1ccccc1)NCc1cccc(-c2ccc([C@H]3O[C@@H](CSc4ncccn4)C[C@@H](c4ccc(CO)cc4)O3)cc2)c1. The van der Waals surface area contributed by atoms with Crippen LogP contribution in [-0.2, 0) is 29.2 Å². The highest BCUT2D eigenvalue weighted by Gasteiger charge is 2.32. The fourth-order valence-electron chi connectivity index (χ4n) is 5.27. The Hall–Kier alpha value is -4.54. The molecule has 0 saturated carbocycles. The number of aliphatic hydroxyl groups excluding tert-OH is 1. The summed E-state index contributed by atoms with van der Waals surface area (Å²) in [6, 6.07) is 35.7. The van der Waals surface area contributed by atoms with Gasteiger partial charge in [0, 0.05) is 43.2 Å². The van der Waals surface area contributed by atoms with Gasteiger partial charge in [-0.05, 0) is 45.5 Å². The van der Waals surface area contributed by atoms with Crippen LogP contribution in [0.2, 0.25) is 0 Å². The maximum absolute atomic E-state index is 12.3. The lowest BCUT2D eigenvalue weighted by molar-refractivity contribution is -0.245. The number of amides is 2. The van der Waals surface area contributed by atoms with Gasteiger partial charge in [-0.2, -0.15) is 0 Å². The Balaban J connectivity index is 1.11. The van der Waals surface area contributed by atoms with Crippen LogP contribution in [0.25, 0.3) is 11.1 Å². The second-order valence-electron chi connectivity index (χ2n) is 11.0. The van der Waals surface area contributed by atoms with Crippen LogP contribution in [0.4, 0.5) is 4.79 Å². The number of hydrogen-bond donors (Lipinski definition) is 3. The van der Waals surface area contributed by atoms with Crippen LogP contribution in [0, 0.1) is 0 Å². The summed E-state index contributed by atoms with van der Waals surface area (Å²) in [6.45, 7) is 0.902. The van der Waals surface area contributed by atoms with Gasteiger partial charge in [0.2, 0.25) is 0 Å². The van der Waals surface area contributed by atoms with Crippen molar-refractivity contribution in [1.82, 2.24) is 20.6 Å². The molecule has 0 aliphatic carbocycles. The maximum Gasteiger partial charge on any atom is 0.315 e. The standard InChI is InChI=1S/C37H36N4O4S/c42-24-27-10-12-30(13-11-27)34-21-33(25-46-37-38-18-5-19-39-37)44-35(45-34)31-16-14-29(15-17-31)32-9-4-8-28(20-32)23-41-36(43)40-22-26-6-2-1-3-7-26/h1-20,33-35,42H,21-25H2,(H2,40,41,43)/t33-,34+,35+/m1/s1. The minimum absolute atomic E-state index is 0.00371. The first-order chi connectivity index (χ1) is 22.6. The number of benzene rings is 4. The van der Waals surface area contributed by atoms with E-state index in [1.165, 1.54) is 0 Å². The molecule has 2 amide bonds. The Morgan fingerprint density at radius 3 is 2.17 bits per heavy atom. The number of rotatable bonds is 11. The zero-order valence-electron chi connectivity index (χ0n) is 25.3. The van der Waals surface area contributed by atoms with Crippen LogP contribution in [0.3, 0.4) is 0 Å². The van der Waals surface area contributed by atoms with Crippen molar-refractivity contribution < 1.29 is 19.4 Å². The molecule has 0 radical (unpaired) electrons. The minimum Gasteiger partial charge on any atom is -0.392 e. The quantitative estimate of drug-likeness (QED) is 0.107. The van der Waals surface area contributed by atoms with Crippen LogP contribution in [0.15, 0.2) is 127 Å². The van der Waals surface area contributed by atoms with E-state index in [1.807, 2.05) is 78.9 Å². The van der Waals surface area contributed by atoms with E-state index in [0.29, 0.717) is 30.4 Å². The number of carbonyl (C=O) groups excluding carboxylic acids is 1. The van der Waals surface area contributed by atoms with Gasteiger partial charge < -0.3 is 25.2 Å². The van der Waals surface area contributed by atoms with Crippen LogP contribution >= 0.6 is 11.8 Å². The lowest BCUT2D eigenvalue weighted by Gasteiger charge is -2.36. The first-order valence-electron chi connectivity index (χ1n) is 15.3. The zero-order valence-corrected chi connectivity index (χ0v) is 26.1. The fraction of sp³-hybridized carbons (Fsp3) is 0.216. The summed E-state index contributed by atoms with van der Waals surface area (Å²) in [5.41, 5.74) is 7.01. The van der Waals surface area contributed by atoms with E-state index in [-0.39, 0.29) is 24.8 Å². The highest BCUT2D eigenvalue weighted by atomic mass is 32.2. The fourth-order valence-corrected chi connectivity index (χ4v) is 6.09. The van der Waals surface area contributed by atoms with E-state index in [4.69, 9.17) is 9.47 Å². The van der Waals surface area contributed by atoms with Crippen LogP contribution < -0.4 is 10.6 Å². The molecule has 3 atom stereocenters. The van der Waals surface area contributed by atoms with Gasteiger partial charge in [-0.3, -0.25) is 0 Å². The predicted molar refractivity (Wildman–Crippen MR) is 179 cm³/mol. The molecule has 234 valence electrons. The topological polar surface area (TPSA) is 106 Å². The van der Waals surface area contributed by atoms with Crippen molar-refractivity contribution in [1.29, 1.82) is 0 Å². The van der Waals surface area contributed by atoms with E-state index < -0.39 is 6.29 Å². The Kier molecular flexibility index (Phi) is 10.7. The summed E-state index contributed by atoms with van der Waals surface area (Å²) >= 11 is 1.57. The molecule has 1 aliphatic heterocycles. The number of nitrogens with one attached hydrogen (secondary N) is 2. The molecule has 46 heavy (non-hydrogen) atoms. The lowest BCUT2D eigenvalue weighted by atomic mass is 9.99. The summed E-state index contributed by atoms with van der Waals surface area (Å²) in [5.74, 6) is 0.693. The smallest absolute Gasteiger partial charge is 0.315 e. The molecular formula is C37H36N4O4S. The van der Waals surface area contributed by atoms with Gasteiger partial charge >= 0.3 is 6.03 Å². The molecule has 1 fully saturated rings. The Morgan fingerprint density at radius 2 is 1.43 bits per heavy atom. The number of aliphatic hydroxyl groups is 1. The summed E-state index contributed by atoms with van der Waals surface area (Å²) in [7, 11) is 0. The molecule has 9 heteroatoms. The van der Waals surface area contributed by atoms with Crippen molar-refractivity contribution in [2.45, 2.75) is 49.8 Å². The molecule has 0 unspecified atom stereocenters. The molecule has 1 aromatic heterocycles. The van der Waals surface area contributed by atoms with Gasteiger partial charge in [0.1, 0.15) is 0 Å². The second-order valence-corrected chi connectivity index (χ2v) is 12.0. The highest BCUT2D eigenvalue weighted by molar-refractivity contribution is 7.99. The molecule has 0 bridgehead atoms. The van der Waals surface area contributed by atoms with Gasteiger partial charge in [-0.1, -0.05) is 109 Å². The van der Waals surface area contributed by atoms with Crippen molar-refractivity contribution in [3.05, 3.63) is 149 Å². The van der Waals surface area contributed by atoms with Crippen LogP contribution in [-0.4, -0.2) is 33.0 Å². The van der Waals surface area contributed by atoms with Crippen molar-refractivity contribution in [2.75, 3.05) is 5.75 Å². The highest BCUT2D eigenvalue weighted by Crippen LogP contribution is 2.39. The van der Waals surface area contributed by atoms with Crippen molar-refractivity contribution >= 4 is 17.8 Å². The number of aromatic nitrogens is 2. The number of thioether (sulfide) groups is 1. The summed E-state index contributed by atoms with van der Waals surface area (Å²) in [6.07, 6.45) is 3.39. The number of nitrogens with zero attached hydrogens (tertiary/aromatic N) is 2. The number of urea groups is 1. The molecule has 5 aromatic rings. The third-order valence-corrected chi connectivity index (χ3v) is 8.75. The molecule has 3 N–H and O–H groups in total. The predicted octanol–water partition coefficient (Wildman–Crippen LogP) is 6.97. The van der Waals surface area contributed by atoms with E-state index >= 15 is 0 Å². The average molecular weight is 633 g/mol. The van der Waals surface area contributed by atoms with E-state index in [9.17, 15) is 9.90 Å². The van der Waals surface area contributed by atoms with Crippen molar-refractivity contribution in [3.8, 4) is 11.1 Å².